The molecule has 0 aliphatic heterocycles. The average molecular weight is 212 g/mol. The second-order valence-corrected chi connectivity index (χ2v) is 5.35. The molecule has 0 bridgehead atoms. The number of hydrogen-bond donors (Lipinski definition) is 1. The SMILES string of the molecule is CCN(CC(C)C)C(C)CCNC1CC1. The van der Waals surface area contributed by atoms with E-state index < -0.39 is 0 Å². The molecule has 90 valence electrons. The van der Waals surface area contributed by atoms with E-state index in [0.717, 1.165) is 18.0 Å². The van der Waals surface area contributed by atoms with E-state index in [-0.39, 0.29) is 0 Å². The van der Waals surface area contributed by atoms with Gasteiger partial charge in [0.15, 0.2) is 0 Å². The first-order valence-corrected chi connectivity index (χ1v) is 6.61. The minimum atomic E-state index is 0.726. The summed E-state index contributed by atoms with van der Waals surface area (Å²) in [5, 5.41) is 3.59. The van der Waals surface area contributed by atoms with Crippen molar-refractivity contribution in [3.8, 4) is 0 Å². The molecule has 0 amide bonds. The molecule has 1 saturated carbocycles. The molecule has 2 nitrogen and oxygen atoms in total. The molecule has 0 aromatic carbocycles. The Hall–Kier alpha value is -0.0800. The molecular formula is C13H28N2. The van der Waals surface area contributed by atoms with E-state index in [4.69, 9.17) is 0 Å². The zero-order valence-corrected chi connectivity index (χ0v) is 10.9. The van der Waals surface area contributed by atoms with Gasteiger partial charge in [-0.15, -0.1) is 0 Å². The van der Waals surface area contributed by atoms with Gasteiger partial charge in [0, 0.05) is 18.6 Å². The first kappa shape index (κ1) is 13.0. The van der Waals surface area contributed by atoms with E-state index in [9.17, 15) is 0 Å². The van der Waals surface area contributed by atoms with E-state index in [2.05, 4.69) is 37.9 Å². The Morgan fingerprint density at radius 2 is 1.93 bits per heavy atom. The van der Waals surface area contributed by atoms with Crippen molar-refractivity contribution in [3.05, 3.63) is 0 Å². The second-order valence-electron chi connectivity index (χ2n) is 5.35. The number of nitrogens with zero attached hydrogens (tertiary/aromatic N) is 1. The monoisotopic (exact) mass is 212 g/mol. The summed E-state index contributed by atoms with van der Waals surface area (Å²) in [7, 11) is 0. The molecule has 1 atom stereocenters. The molecule has 0 saturated heterocycles. The normalized spacial score (nSPS) is 18.8. The van der Waals surface area contributed by atoms with Crippen LogP contribution in [0.3, 0.4) is 0 Å². The quantitative estimate of drug-likeness (QED) is 0.665. The van der Waals surface area contributed by atoms with E-state index in [1.807, 2.05) is 0 Å². The summed E-state index contributed by atoms with van der Waals surface area (Å²) in [6, 6.07) is 1.58. The lowest BCUT2D eigenvalue weighted by Gasteiger charge is -2.29. The minimum Gasteiger partial charge on any atom is -0.314 e. The molecule has 0 aromatic heterocycles. The lowest BCUT2D eigenvalue weighted by molar-refractivity contribution is 0.187. The lowest BCUT2D eigenvalue weighted by Crippen LogP contribution is -2.37. The summed E-state index contributed by atoms with van der Waals surface area (Å²) < 4.78 is 0. The standard InChI is InChI=1S/C13H28N2/c1-5-15(10-11(2)3)12(4)8-9-14-13-6-7-13/h11-14H,5-10H2,1-4H3. The molecule has 0 heterocycles. The average Bonchev–Trinajstić information content (AvgIpc) is 2.97. The number of nitrogens with one attached hydrogen (secondary N) is 1. The molecule has 1 rings (SSSR count). The summed E-state index contributed by atoms with van der Waals surface area (Å²) in [5.41, 5.74) is 0. The third-order valence-corrected chi connectivity index (χ3v) is 3.20. The van der Waals surface area contributed by atoms with Crippen molar-refractivity contribution in [2.75, 3.05) is 19.6 Å². The predicted octanol–water partition coefficient (Wildman–Crippen LogP) is 2.49. The third kappa shape index (κ3) is 5.53. The van der Waals surface area contributed by atoms with Crippen molar-refractivity contribution < 1.29 is 0 Å². The zero-order chi connectivity index (χ0) is 11.3. The maximum absolute atomic E-state index is 3.59. The number of hydrogen-bond acceptors (Lipinski definition) is 2. The van der Waals surface area contributed by atoms with Crippen LogP contribution >= 0.6 is 0 Å². The van der Waals surface area contributed by atoms with Crippen LogP contribution in [0.25, 0.3) is 0 Å². The van der Waals surface area contributed by atoms with Crippen LogP contribution in [-0.2, 0) is 0 Å². The predicted molar refractivity (Wildman–Crippen MR) is 67.2 cm³/mol. The molecule has 1 aliphatic rings. The van der Waals surface area contributed by atoms with Gasteiger partial charge in [0.2, 0.25) is 0 Å². The molecular weight excluding hydrogens is 184 g/mol. The Morgan fingerprint density at radius 1 is 1.27 bits per heavy atom. The molecule has 1 aliphatic carbocycles. The Bertz CT molecular complexity index is 164. The molecule has 1 unspecified atom stereocenters. The van der Waals surface area contributed by atoms with Crippen molar-refractivity contribution in [1.82, 2.24) is 10.2 Å². The fourth-order valence-electron chi connectivity index (χ4n) is 2.06. The van der Waals surface area contributed by atoms with Gasteiger partial charge in [0.25, 0.3) is 0 Å². The van der Waals surface area contributed by atoms with Gasteiger partial charge in [0.05, 0.1) is 0 Å². The Balaban J connectivity index is 2.12. The highest BCUT2D eigenvalue weighted by Gasteiger charge is 2.20. The van der Waals surface area contributed by atoms with Crippen LogP contribution in [-0.4, -0.2) is 36.6 Å². The van der Waals surface area contributed by atoms with Gasteiger partial charge < -0.3 is 10.2 Å². The second kappa shape index (κ2) is 6.49. The van der Waals surface area contributed by atoms with Gasteiger partial charge in [-0.25, -0.2) is 0 Å². The summed E-state index contributed by atoms with van der Waals surface area (Å²) in [6.45, 7) is 12.9. The van der Waals surface area contributed by atoms with Gasteiger partial charge in [-0.3, -0.25) is 0 Å². The van der Waals surface area contributed by atoms with Crippen LogP contribution in [0.2, 0.25) is 0 Å². The van der Waals surface area contributed by atoms with Crippen molar-refractivity contribution in [3.63, 3.8) is 0 Å². The van der Waals surface area contributed by atoms with E-state index in [1.165, 1.54) is 38.9 Å². The minimum absolute atomic E-state index is 0.726. The van der Waals surface area contributed by atoms with E-state index in [0.29, 0.717) is 0 Å². The molecule has 0 aromatic rings. The van der Waals surface area contributed by atoms with Crippen molar-refractivity contribution in [2.45, 2.75) is 59.0 Å². The van der Waals surface area contributed by atoms with Crippen LogP contribution in [0.5, 0.6) is 0 Å². The fraction of sp³-hybridized carbons (Fsp3) is 1.00. The van der Waals surface area contributed by atoms with Crippen molar-refractivity contribution in [2.24, 2.45) is 5.92 Å². The molecule has 15 heavy (non-hydrogen) atoms. The summed E-state index contributed by atoms with van der Waals surface area (Å²) >= 11 is 0. The van der Waals surface area contributed by atoms with Crippen LogP contribution in [0.15, 0.2) is 0 Å². The summed E-state index contributed by atoms with van der Waals surface area (Å²) in [4.78, 5) is 2.60. The van der Waals surface area contributed by atoms with Crippen LogP contribution < -0.4 is 5.32 Å². The Kier molecular flexibility index (Phi) is 5.62. The smallest absolute Gasteiger partial charge is 0.00790 e. The molecule has 2 heteroatoms. The topological polar surface area (TPSA) is 15.3 Å². The lowest BCUT2D eigenvalue weighted by atomic mass is 10.1. The highest BCUT2D eigenvalue weighted by Crippen LogP contribution is 2.18. The Morgan fingerprint density at radius 3 is 2.40 bits per heavy atom. The van der Waals surface area contributed by atoms with Gasteiger partial charge in [-0.05, 0) is 45.2 Å². The van der Waals surface area contributed by atoms with Gasteiger partial charge >= 0.3 is 0 Å². The van der Waals surface area contributed by atoms with Crippen molar-refractivity contribution >= 4 is 0 Å². The molecule has 1 fully saturated rings. The maximum Gasteiger partial charge on any atom is 0.00790 e. The third-order valence-electron chi connectivity index (χ3n) is 3.20. The maximum atomic E-state index is 3.59. The summed E-state index contributed by atoms with van der Waals surface area (Å²) in [5.74, 6) is 0.781. The van der Waals surface area contributed by atoms with Crippen LogP contribution in [0.4, 0.5) is 0 Å². The first-order chi connectivity index (χ1) is 7.13. The highest BCUT2D eigenvalue weighted by molar-refractivity contribution is 4.81. The fourth-order valence-corrected chi connectivity index (χ4v) is 2.06. The zero-order valence-electron chi connectivity index (χ0n) is 10.9. The molecule has 0 spiro atoms. The van der Waals surface area contributed by atoms with E-state index >= 15 is 0 Å². The highest BCUT2D eigenvalue weighted by atomic mass is 15.1. The molecule has 1 N–H and O–H groups in total. The Labute approximate surface area is 95.4 Å². The largest absolute Gasteiger partial charge is 0.314 e. The first-order valence-electron chi connectivity index (χ1n) is 6.61. The summed E-state index contributed by atoms with van der Waals surface area (Å²) in [6.07, 6.45) is 4.09. The van der Waals surface area contributed by atoms with Gasteiger partial charge in [-0.1, -0.05) is 20.8 Å². The molecule has 0 radical (unpaired) electrons. The van der Waals surface area contributed by atoms with E-state index in [1.54, 1.807) is 0 Å². The number of rotatable bonds is 8. The van der Waals surface area contributed by atoms with Gasteiger partial charge in [0.1, 0.15) is 0 Å². The van der Waals surface area contributed by atoms with Crippen LogP contribution in [0, 0.1) is 5.92 Å². The van der Waals surface area contributed by atoms with Gasteiger partial charge in [-0.2, -0.15) is 0 Å². The van der Waals surface area contributed by atoms with Crippen molar-refractivity contribution in [1.29, 1.82) is 0 Å². The van der Waals surface area contributed by atoms with Crippen LogP contribution in [0.1, 0.15) is 47.0 Å².